The van der Waals surface area contributed by atoms with Crippen molar-refractivity contribution in [1.82, 2.24) is 10.9 Å². The molecule has 1 rings (SSSR count). The van der Waals surface area contributed by atoms with Gasteiger partial charge in [-0.3, -0.25) is 15.0 Å². The van der Waals surface area contributed by atoms with Crippen LogP contribution in [0.2, 0.25) is 0 Å². The number of carbonyl (C=O) groups is 2. The Hall–Kier alpha value is -1.79. The van der Waals surface area contributed by atoms with Crippen molar-refractivity contribution in [3.8, 4) is 0 Å². The summed E-state index contributed by atoms with van der Waals surface area (Å²) in [6.45, 7) is 4.02. The van der Waals surface area contributed by atoms with Gasteiger partial charge in [-0.05, 0) is 43.2 Å². The standard InChI is InChI=1S/C16H22N2O3S/c1-3-13(22)10-11-14(16(20)21-4-2)17-18-15(19)12-8-6-5-7-9-12/h5-9,14,17H,3-4,10-11H2,1-2H3,(H,18,19). The third kappa shape index (κ3) is 6.32. The topological polar surface area (TPSA) is 67.4 Å². The fourth-order valence-corrected chi connectivity index (χ4v) is 1.91. The summed E-state index contributed by atoms with van der Waals surface area (Å²) in [6.07, 6.45) is 1.91. The minimum Gasteiger partial charge on any atom is -0.465 e. The Morgan fingerprint density at radius 2 is 1.91 bits per heavy atom. The molecule has 5 nitrogen and oxygen atoms in total. The quantitative estimate of drug-likeness (QED) is 0.415. The fourth-order valence-electron chi connectivity index (χ4n) is 1.79. The van der Waals surface area contributed by atoms with E-state index in [0.717, 1.165) is 11.3 Å². The normalized spacial score (nSPS) is 11.5. The molecule has 2 N–H and O–H groups in total. The molecule has 120 valence electrons. The van der Waals surface area contributed by atoms with E-state index in [1.807, 2.05) is 13.0 Å². The highest BCUT2D eigenvalue weighted by molar-refractivity contribution is 7.80. The van der Waals surface area contributed by atoms with E-state index in [9.17, 15) is 9.59 Å². The Kier molecular flexibility index (Phi) is 8.32. The summed E-state index contributed by atoms with van der Waals surface area (Å²) >= 11 is 5.17. The van der Waals surface area contributed by atoms with Gasteiger partial charge >= 0.3 is 5.97 Å². The lowest BCUT2D eigenvalue weighted by Crippen LogP contribution is -2.49. The van der Waals surface area contributed by atoms with Gasteiger partial charge in [0.05, 0.1) is 6.61 Å². The maximum Gasteiger partial charge on any atom is 0.324 e. The van der Waals surface area contributed by atoms with Crippen molar-refractivity contribution in [2.24, 2.45) is 0 Å². The highest BCUT2D eigenvalue weighted by Crippen LogP contribution is 2.04. The lowest BCUT2D eigenvalue weighted by Gasteiger charge is -2.18. The summed E-state index contributed by atoms with van der Waals surface area (Å²) in [5, 5.41) is 0. The minimum atomic E-state index is -0.614. The number of esters is 1. The maximum absolute atomic E-state index is 12.0. The number of amides is 1. The molecule has 0 bridgehead atoms. The van der Waals surface area contributed by atoms with Gasteiger partial charge in [0.2, 0.25) is 0 Å². The van der Waals surface area contributed by atoms with Gasteiger partial charge in [0.15, 0.2) is 0 Å². The zero-order chi connectivity index (χ0) is 16.4. The first-order valence-corrected chi connectivity index (χ1v) is 7.78. The van der Waals surface area contributed by atoms with E-state index >= 15 is 0 Å². The number of benzene rings is 1. The van der Waals surface area contributed by atoms with E-state index in [-0.39, 0.29) is 5.91 Å². The number of carbonyl (C=O) groups excluding carboxylic acids is 2. The lowest BCUT2D eigenvalue weighted by atomic mass is 10.1. The average Bonchev–Trinajstić information content (AvgIpc) is 2.55. The Labute approximate surface area is 136 Å². The van der Waals surface area contributed by atoms with Gasteiger partial charge in [-0.2, -0.15) is 0 Å². The molecule has 1 aromatic carbocycles. The predicted molar refractivity (Wildman–Crippen MR) is 89.6 cm³/mol. The molecule has 0 aliphatic heterocycles. The molecule has 1 atom stereocenters. The van der Waals surface area contributed by atoms with Gasteiger partial charge in [-0.25, -0.2) is 5.43 Å². The van der Waals surface area contributed by atoms with Crippen LogP contribution in [0.1, 0.15) is 43.5 Å². The van der Waals surface area contributed by atoms with E-state index in [1.165, 1.54) is 0 Å². The summed E-state index contributed by atoms with van der Waals surface area (Å²) in [7, 11) is 0. The molecule has 0 heterocycles. The molecule has 1 aromatic rings. The van der Waals surface area contributed by atoms with Crippen LogP contribution in [0.25, 0.3) is 0 Å². The number of rotatable bonds is 9. The molecule has 0 fully saturated rings. The molecule has 0 saturated carbocycles. The van der Waals surface area contributed by atoms with Gasteiger partial charge in [0.1, 0.15) is 6.04 Å². The van der Waals surface area contributed by atoms with Gasteiger partial charge in [0.25, 0.3) is 5.91 Å². The molecular formula is C16H22N2O3S. The van der Waals surface area contributed by atoms with Gasteiger partial charge in [-0.1, -0.05) is 37.3 Å². The second-order valence-electron chi connectivity index (χ2n) is 4.70. The van der Waals surface area contributed by atoms with Crippen molar-refractivity contribution in [1.29, 1.82) is 0 Å². The van der Waals surface area contributed by atoms with Gasteiger partial charge in [-0.15, -0.1) is 0 Å². The van der Waals surface area contributed by atoms with E-state index in [1.54, 1.807) is 31.2 Å². The Balaban J connectivity index is 2.58. The second-order valence-corrected chi connectivity index (χ2v) is 5.28. The second kappa shape index (κ2) is 10.0. The molecule has 1 unspecified atom stereocenters. The number of ether oxygens (including phenoxy) is 1. The van der Waals surface area contributed by atoms with E-state index in [4.69, 9.17) is 17.0 Å². The summed E-state index contributed by atoms with van der Waals surface area (Å²) in [5.41, 5.74) is 5.81. The number of thiocarbonyl (C=S) groups is 1. The average molecular weight is 322 g/mol. The Morgan fingerprint density at radius 1 is 1.23 bits per heavy atom. The largest absolute Gasteiger partial charge is 0.465 e. The first-order valence-electron chi connectivity index (χ1n) is 7.37. The van der Waals surface area contributed by atoms with Crippen LogP contribution >= 0.6 is 12.2 Å². The van der Waals surface area contributed by atoms with Crippen molar-refractivity contribution >= 4 is 29.0 Å². The molecule has 6 heteroatoms. The lowest BCUT2D eigenvalue weighted by molar-refractivity contribution is -0.146. The van der Waals surface area contributed by atoms with Gasteiger partial charge < -0.3 is 4.74 Å². The zero-order valence-corrected chi connectivity index (χ0v) is 13.7. The van der Waals surface area contributed by atoms with Crippen LogP contribution in [-0.4, -0.2) is 29.4 Å². The van der Waals surface area contributed by atoms with Crippen LogP contribution in [0.4, 0.5) is 0 Å². The Morgan fingerprint density at radius 3 is 2.50 bits per heavy atom. The first kappa shape index (κ1) is 18.3. The van der Waals surface area contributed by atoms with Crippen molar-refractivity contribution in [2.45, 2.75) is 39.2 Å². The van der Waals surface area contributed by atoms with E-state index in [0.29, 0.717) is 25.0 Å². The summed E-state index contributed by atoms with van der Waals surface area (Å²) in [4.78, 5) is 24.8. The third-order valence-corrected chi connectivity index (χ3v) is 3.57. The van der Waals surface area contributed by atoms with Crippen molar-refractivity contribution in [3.05, 3.63) is 35.9 Å². The highest BCUT2D eigenvalue weighted by Gasteiger charge is 2.20. The maximum atomic E-state index is 12.0. The van der Waals surface area contributed by atoms with Gasteiger partial charge in [0, 0.05) is 5.56 Å². The fraction of sp³-hybridized carbons (Fsp3) is 0.438. The molecule has 1 amide bonds. The molecule has 0 saturated heterocycles. The van der Waals surface area contributed by atoms with Crippen LogP contribution in [-0.2, 0) is 9.53 Å². The SMILES string of the molecule is CCOC(=O)C(CCC(=S)CC)NNC(=O)c1ccccc1. The van der Waals surface area contributed by atoms with Crippen LogP contribution in [0.15, 0.2) is 30.3 Å². The summed E-state index contributed by atoms with van der Waals surface area (Å²) in [6, 6.07) is 8.16. The summed E-state index contributed by atoms with van der Waals surface area (Å²) < 4.78 is 5.01. The molecule has 0 aliphatic rings. The molecule has 0 aliphatic carbocycles. The molecule has 0 aromatic heterocycles. The third-order valence-electron chi connectivity index (χ3n) is 3.07. The molecule has 22 heavy (non-hydrogen) atoms. The minimum absolute atomic E-state index is 0.294. The number of hydrazine groups is 1. The number of hydrogen-bond donors (Lipinski definition) is 2. The van der Waals surface area contributed by atoms with Crippen LogP contribution in [0.5, 0.6) is 0 Å². The van der Waals surface area contributed by atoms with Crippen LogP contribution < -0.4 is 10.9 Å². The molecule has 0 spiro atoms. The monoisotopic (exact) mass is 322 g/mol. The van der Waals surface area contributed by atoms with Crippen molar-refractivity contribution < 1.29 is 14.3 Å². The van der Waals surface area contributed by atoms with Crippen LogP contribution in [0.3, 0.4) is 0 Å². The smallest absolute Gasteiger partial charge is 0.324 e. The first-order chi connectivity index (χ1) is 10.6. The van der Waals surface area contributed by atoms with E-state index in [2.05, 4.69) is 10.9 Å². The zero-order valence-electron chi connectivity index (χ0n) is 12.9. The van der Waals surface area contributed by atoms with Crippen molar-refractivity contribution in [3.63, 3.8) is 0 Å². The predicted octanol–water partition coefficient (Wildman–Crippen LogP) is 2.41. The van der Waals surface area contributed by atoms with Crippen molar-refractivity contribution in [2.75, 3.05) is 6.61 Å². The number of hydrogen-bond acceptors (Lipinski definition) is 5. The van der Waals surface area contributed by atoms with Crippen LogP contribution in [0, 0.1) is 0 Å². The van der Waals surface area contributed by atoms with E-state index < -0.39 is 12.0 Å². The highest BCUT2D eigenvalue weighted by atomic mass is 32.1. The number of nitrogens with one attached hydrogen (secondary N) is 2. The summed E-state index contributed by atoms with van der Waals surface area (Å²) in [5.74, 6) is -0.692. The Bertz CT molecular complexity index is 505. The molecular weight excluding hydrogens is 300 g/mol. The molecule has 0 radical (unpaired) electrons.